The van der Waals surface area contributed by atoms with Crippen LogP contribution < -0.4 is 14.2 Å². The van der Waals surface area contributed by atoms with Crippen LogP contribution in [0, 0.1) is 0 Å². The van der Waals surface area contributed by atoms with Gasteiger partial charge in [0.1, 0.15) is 17.2 Å². The van der Waals surface area contributed by atoms with E-state index >= 15 is 0 Å². The van der Waals surface area contributed by atoms with E-state index in [0.29, 0.717) is 35.5 Å². The van der Waals surface area contributed by atoms with Crippen LogP contribution in [0.3, 0.4) is 0 Å². The molecule has 1 heterocycles. The van der Waals surface area contributed by atoms with E-state index in [2.05, 4.69) is 10.2 Å². The second-order valence-electron chi connectivity index (χ2n) is 5.09. The monoisotopic (exact) mass is 326 g/mol. The van der Waals surface area contributed by atoms with Crippen LogP contribution in [0.1, 0.15) is 17.3 Å². The molecule has 1 aromatic heterocycles. The number of aromatic nitrogens is 2. The molecular weight excluding hydrogens is 308 g/mol. The number of hydrogen-bond acceptors (Lipinski definition) is 6. The van der Waals surface area contributed by atoms with Crippen molar-refractivity contribution in [1.82, 2.24) is 10.2 Å². The summed E-state index contributed by atoms with van der Waals surface area (Å²) in [6.07, 6.45) is 0.598. The molecule has 0 atom stereocenters. The summed E-state index contributed by atoms with van der Waals surface area (Å²) >= 11 is 0. The Morgan fingerprint density at radius 1 is 0.833 bits per heavy atom. The van der Waals surface area contributed by atoms with Crippen molar-refractivity contribution in [3.63, 3.8) is 0 Å². The first-order chi connectivity index (χ1) is 11.8. The molecule has 6 heteroatoms. The topological polar surface area (TPSA) is 66.6 Å². The lowest BCUT2D eigenvalue weighted by molar-refractivity contribution is 0.257. The molecule has 3 rings (SSSR count). The molecule has 0 unspecified atom stereocenters. The molecule has 0 saturated carbocycles. The first-order valence-corrected chi connectivity index (χ1v) is 7.48. The Balaban J connectivity index is 1.63. The number of benzene rings is 2. The van der Waals surface area contributed by atoms with Crippen molar-refractivity contribution in [3.05, 3.63) is 65.9 Å². The van der Waals surface area contributed by atoms with Gasteiger partial charge in [0, 0.05) is 18.2 Å². The fraction of sp³-hybridized carbons (Fsp3) is 0.222. The molecule has 0 bridgehead atoms. The summed E-state index contributed by atoms with van der Waals surface area (Å²) in [5.74, 6) is 2.89. The van der Waals surface area contributed by atoms with E-state index in [1.165, 1.54) is 0 Å². The first-order valence-electron chi connectivity index (χ1n) is 7.48. The normalized spacial score (nSPS) is 10.4. The van der Waals surface area contributed by atoms with Crippen LogP contribution in [-0.4, -0.2) is 24.4 Å². The molecule has 2 aromatic carbocycles. The molecule has 3 aromatic rings. The number of ether oxygens (including phenoxy) is 3. The molecular formula is C18H18N2O4. The quantitative estimate of drug-likeness (QED) is 0.664. The SMILES string of the molecule is COc1cc(OC)cc(OCc2nnc(Cc3ccccc3)o2)c1. The zero-order valence-corrected chi connectivity index (χ0v) is 13.6. The summed E-state index contributed by atoms with van der Waals surface area (Å²) in [5.41, 5.74) is 1.12. The molecule has 0 spiro atoms. The van der Waals surface area contributed by atoms with Crippen LogP contribution in [0.15, 0.2) is 52.9 Å². The maximum atomic E-state index is 5.68. The first kappa shape index (κ1) is 15.9. The van der Waals surface area contributed by atoms with Crippen LogP contribution in [-0.2, 0) is 13.0 Å². The minimum atomic E-state index is 0.179. The van der Waals surface area contributed by atoms with Gasteiger partial charge in [0.05, 0.1) is 20.6 Å². The molecule has 0 N–H and O–H groups in total. The van der Waals surface area contributed by atoms with Crippen molar-refractivity contribution < 1.29 is 18.6 Å². The second-order valence-corrected chi connectivity index (χ2v) is 5.09. The van der Waals surface area contributed by atoms with Crippen molar-refractivity contribution in [2.24, 2.45) is 0 Å². The molecule has 0 aliphatic heterocycles. The van der Waals surface area contributed by atoms with Crippen molar-refractivity contribution >= 4 is 0 Å². The van der Waals surface area contributed by atoms with Crippen LogP contribution in [0.4, 0.5) is 0 Å². The van der Waals surface area contributed by atoms with Gasteiger partial charge in [-0.3, -0.25) is 0 Å². The third-order valence-electron chi connectivity index (χ3n) is 3.39. The maximum Gasteiger partial charge on any atom is 0.253 e. The molecule has 0 fully saturated rings. The highest BCUT2D eigenvalue weighted by Crippen LogP contribution is 2.27. The maximum absolute atomic E-state index is 5.68. The van der Waals surface area contributed by atoms with E-state index in [0.717, 1.165) is 5.56 Å². The van der Waals surface area contributed by atoms with Crippen molar-refractivity contribution in [2.75, 3.05) is 14.2 Å². The highest BCUT2D eigenvalue weighted by molar-refractivity contribution is 5.42. The third kappa shape index (κ3) is 4.04. The van der Waals surface area contributed by atoms with E-state index in [1.807, 2.05) is 30.3 Å². The van der Waals surface area contributed by atoms with E-state index < -0.39 is 0 Å². The summed E-state index contributed by atoms with van der Waals surface area (Å²) in [6, 6.07) is 15.3. The third-order valence-corrected chi connectivity index (χ3v) is 3.39. The Morgan fingerprint density at radius 3 is 2.12 bits per heavy atom. The minimum absolute atomic E-state index is 0.179. The summed E-state index contributed by atoms with van der Waals surface area (Å²) in [5, 5.41) is 8.05. The fourth-order valence-electron chi connectivity index (χ4n) is 2.20. The molecule has 24 heavy (non-hydrogen) atoms. The van der Waals surface area contributed by atoms with Gasteiger partial charge in [0.15, 0.2) is 6.61 Å². The Morgan fingerprint density at radius 2 is 1.46 bits per heavy atom. The number of nitrogens with zero attached hydrogens (tertiary/aromatic N) is 2. The van der Waals surface area contributed by atoms with Gasteiger partial charge in [-0.2, -0.15) is 0 Å². The van der Waals surface area contributed by atoms with Crippen LogP contribution in [0.5, 0.6) is 17.2 Å². The van der Waals surface area contributed by atoms with Crippen molar-refractivity contribution in [2.45, 2.75) is 13.0 Å². The van der Waals surface area contributed by atoms with Gasteiger partial charge in [-0.1, -0.05) is 30.3 Å². The summed E-state index contributed by atoms with van der Waals surface area (Å²) in [6.45, 7) is 0.179. The second kappa shape index (κ2) is 7.50. The van der Waals surface area contributed by atoms with E-state index in [-0.39, 0.29) is 6.61 Å². The molecule has 6 nitrogen and oxygen atoms in total. The number of methoxy groups -OCH3 is 2. The Labute approximate surface area is 140 Å². The van der Waals surface area contributed by atoms with Crippen molar-refractivity contribution in [1.29, 1.82) is 0 Å². The zero-order chi connectivity index (χ0) is 16.8. The highest BCUT2D eigenvalue weighted by Gasteiger charge is 2.09. The largest absolute Gasteiger partial charge is 0.496 e. The van der Waals surface area contributed by atoms with Gasteiger partial charge in [-0.05, 0) is 5.56 Å². The van der Waals surface area contributed by atoms with Crippen LogP contribution in [0.2, 0.25) is 0 Å². The van der Waals surface area contributed by atoms with Gasteiger partial charge >= 0.3 is 0 Å². The Kier molecular flexibility index (Phi) is 4.96. The standard InChI is InChI=1S/C18H18N2O4/c1-21-14-9-15(22-2)11-16(10-14)23-12-18-20-19-17(24-18)8-13-6-4-3-5-7-13/h3-7,9-11H,8,12H2,1-2H3. The molecule has 0 amide bonds. The summed E-state index contributed by atoms with van der Waals surface area (Å²) < 4.78 is 21.7. The lowest BCUT2D eigenvalue weighted by atomic mass is 10.2. The summed E-state index contributed by atoms with van der Waals surface area (Å²) in [4.78, 5) is 0. The van der Waals surface area contributed by atoms with E-state index in [4.69, 9.17) is 18.6 Å². The van der Waals surface area contributed by atoms with Crippen LogP contribution >= 0.6 is 0 Å². The number of hydrogen-bond donors (Lipinski definition) is 0. The van der Waals surface area contributed by atoms with Gasteiger partial charge in [0.25, 0.3) is 5.89 Å². The minimum Gasteiger partial charge on any atom is -0.496 e. The van der Waals surface area contributed by atoms with E-state index in [1.54, 1.807) is 32.4 Å². The lowest BCUT2D eigenvalue weighted by Gasteiger charge is -2.08. The van der Waals surface area contributed by atoms with Gasteiger partial charge in [-0.25, -0.2) is 0 Å². The molecule has 0 aliphatic rings. The Hall–Kier alpha value is -3.02. The lowest BCUT2D eigenvalue weighted by Crippen LogP contribution is -1.97. The average Bonchev–Trinajstić information content (AvgIpc) is 3.08. The Bertz CT molecular complexity index is 764. The van der Waals surface area contributed by atoms with Gasteiger partial charge < -0.3 is 18.6 Å². The zero-order valence-electron chi connectivity index (χ0n) is 13.6. The molecule has 0 saturated heterocycles. The fourth-order valence-corrected chi connectivity index (χ4v) is 2.20. The number of rotatable bonds is 7. The van der Waals surface area contributed by atoms with E-state index in [9.17, 15) is 0 Å². The highest BCUT2D eigenvalue weighted by atomic mass is 16.5. The molecule has 0 aliphatic carbocycles. The average molecular weight is 326 g/mol. The summed E-state index contributed by atoms with van der Waals surface area (Å²) in [7, 11) is 3.18. The molecule has 0 radical (unpaired) electrons. The van der Waals surface area contributed by atoms with Gasteiger partial charge in [-0.15, -0.1) is 10.2 Å². The smallest absolute Gasteiger partial charge is 0.253 e. The predicted octanol–water partition coefficient (Wildman–Crippen LogP) is 3.26. The predicted molar refractivity (Wildman–Crippen MR) is 87.4 cm³/mol. The van der Waals surface area contributed by atoms with Gasteiger partial charge in [0.2, 0.25) is 5.89 Å². The molecule has 124 valence electrons. The van der Waals surface area contributed by atoms with Crippen LogP contribution in [0.25, 0.3) is 0 Å². The van der Waals surface area contributed by atoms with Crippen molar-refractivity contribution in [3.8, 4) is 17.2 Å².